The lowest BCUT2D eigenvalue weighted by atomic mass is 10.3. The molecule has 0 amide bonds. The topological polar surface area (TPSA) is 58.0 Å². The van der Waals surface area contributed by atoms with E-state index in [0.29, 0.717) is 11.6 Å². The Morgan fingerprint density at radius 2 is 2.07 bits per heavy atom. The average molecular weight is 217 g/mol. The van der Waals surface area contributed by atoms with Gasteiger partial charge >= 0.3 is 0 Å². The van der Waals surface area contributed by atoms with E-state index in [2.05, 4.69) is 15.3 Å². The first kappa shape index (κ1) is 11.8. The summed E-state index contributed by atoms with van der Waals surface area (Å²) in [6.07, 6.45) is -4.43. The molecule has 0 fully saturated rings. The summed E-state index contributed by atoms with van der Waals surface area (Å²) in [5.74, 6) is 1.00. The first-order valence-corrected chi connectivity index (χ1v) is 4.51. The van der Waals surface area contributed by atoms with E-state index in [1.807, 2.05) is 0 Å². The zero-order chi connectivity index (χ0) is 11.4. The van der Waals surface area contributed by atoms with Crippen molar-refractivity contribution in [2.45, 2.75) is 26.4 Å². The van der Waals surface area contributed by atoms with Crippen LogP contribution in [0.4, 0.5) is 14.6 Å². The molecule has 0 aliphatic heterocycles. The smallest absolute Gasteiger partial charge is 0.265 e. The predicted octanol–water partition coefficient (Wildman–Crippen LogP) is 1.13. The molecule has 0 saturated heterocycles. The third kappa shape index (κ3) is 3.75. The number of nitrogens with zero attached hydrogens (tertiary/aromatic N) is 2. The van der Waals surface area contributed by atoms with Crippen LogP contribution in [0, 0.1) is 13.8 Å². The van der Waals surface area contributed by atoms with Crippen LogP contribution >= 0.6 is 0 Å². The fourth-order valence-electron chi connectivity index (χ4n) is 1.11. The summed E-state index contributed by atoms with van der Waals surface area (Å²) in [5, 5.41) is 11.5. The van der Waals surface area contributed by atoms with Crippen molar-refractivity contribution < 1.29 is 13.9 Å². The molecule has 1 unspecified atom stereocenters. The van der Waals surface area contributed by atoms with E-state index in [4.69, 9.17) is 5.11 Å². The second kappa shape index (κ2) is 4.97. The van der Waals surface area contributed by atoms with Crippen molar-refractivity contribution >= 4 is 5.82 Å². The van der Waals surface area contributed by atoms with E-state index in [1.54, 1.807) is 19.9 Å². The van der Waals surface area contributed by atoms with Crippen molar-refractivity contribution in [3.8, 4) is 0 Å². The Morgan fingerprint density at radius 3 is 2.60 bits per heavy atom. The van der Waals surface area contributed by atoms with Gasteiger partial charge in [0.15, 0.2) is 0 Å². The molecule has 1 atom stereocenters. The fourth-order valence-corrected chi connectivity index (χ4v) is 1.11. The second-order valence-corrected chi connectivity index (χ2v) is 3.22. The largest absolute Gasteiger partial charge is 0.385 e. The van der Waals surface area contributed by atoms with Gasteiger partial charge in [-0.05, 0) is 13.8 Å². The summed E-state index contributed by atoms with van der Waals surface area (Å²) in [5.41, 5.74) is 0.747. The summed E-state index contributed by atoms with van der Waals surface area (Å²) in [7, 11) is 0. The number of aromatic nitrogens is 2. The molecule has 2 N–H and O–H groups in total. The Labute approximate surface area is 86.4 Å². The maximum atomic E-state index is 12.0. The number of alkyl halides is 2. The first-order valence-electron chi connectivity index (χ1n) is 4.51. The molecule has 4 nitrogen and oxygen atoms in total. The van der Waals surface area contributed by atoms with E-state index in [9.17, 15) is 8.78 Å². The molecule has 0 spiro atoms. The van der Waals surface area contributed by atoms with Gasteiger partial charge in [-0.1, -0.05) is 0 Å². The molecule has 0 aliphatic rings. The molecule has 0 radical (unpaired) electrons. The van der Waals surface area contributed by atoms with Crippen molar-refractivity contribution in [2.24, 2.45) is 0 Å². The van der Waals surface area contributed by atoms with Gasteiger partial charge in [0.05, 0.1) is 0 Å². The number of aliphatic hydroxyl groups is 1. The molecule has 1 aromatic heterocycles. The maximum Gasteiger partial charge on any atom is 0.265 e. The van der Waals surface area contributed by atoms with Crippen LogP contribution in [0.2, 0.25) is 0 Å². The highest BCUT2D eigenvalue weighted by Crippen LogP contribution is 2.07. The summed E-state index contributed by atoms with van der Waals surface area (Å²) < 4.78 is 23.9. The fraction of sp³-hybridized carbons (Fsp3) is 0.556. The Kier molecular flexibility index (Phi) is 3.90. The van der Waals surface area contributed by atoms with Gasteiger partial charge in [0, 0.05) is 18.3 Å². The average Bonchev–Trinajstić information content (AvgIpc) is 2.12. The van der Waals surface area contributed by atoms with Crippen molar-refractivity contribution in [3.63, 3.8) is 0 Å². The van der Waals surface area contributed by atoms with E-state index < -0.39 is 12.5 Å². The molecule has 0 bridgehead atoms. The third-order valence-electron chi connectivity index (χ3n) is 1.75. The van der Waals surface area contributed by atoms with Crippen LogP contribution in [0.15, 0.2) is 6.07 Å². The van der Waals surface area contributed by atoms with Gasteiger partial charge in [0.2, 0.25) is 0 Å². The van der Waals surface area contributed by atoms with Crippen molar-refractivity contribution in [1.82, 2.24) is 9.97 Å². The van der Waals surface area contributed by atoms with Crippen molar-refractivity contribution in [1.29, 1.82) is 0 Å². The minimum Gasteiger partial charge on any atom is -0.385 e. The quantitative estimate of drug-likeness (QED) is 0.793. The second-order valence-electron chi connectivity index (χ2n) is 3.22. The molecule has 15 heavy (non-hydrogen) atoms. The molecule has 84 valence electrons. The summed E-state index contributed by atoms with van der Waals surface area (Å²) >= 11 is 0. The van der Waals surface area contributed by atoms with E-state index in [0.717, 1.165) is 5.69 Å². The van der Waals surface area contributed by atoms with Crippen LogP contribution in [0.1, 0.15) is 11.5 Å². The predicted molar refractivity (Wildman–Crippen MR) is 52.0 cm³/mol. The van der Waals surface area contributed by atoms with E-state index in [-0.39, 0.29) is 6.54 Å². The third-order valence-corrected chi connectivity index (χ3v) is 1.75. The standard InChI is InChI=1S/C9H13F2N3O/c1-5-3-8(14-6(2)13-5)12-4-7(15)9(10)11/h3,7,9,15H,4H2,1-2H3,(H,12,13,14). The zero-order valence-corrected chi connectivity index (χ0v) is 8.54. The van der Waals surface area contributed by atoms with Crippen LogP contribution in [0.3, 0.4) is 0 Å². The van der Waals surface area contributed by atoms with Crippen molar-refractivity contribution in [3.05, 3.63) is 17.6 Å². The Hall–Kier alpha value is -1.30. The van der Waals surface area contributed by atoms with Gasteiger partial charge in [-0.3, -0.25) is 0 Å². The highest BCUT2D eigenvalue weighted by atomic mass is 19.3. The number of aryl methyl sites for hydroxylation is 2. The number of halogens is 2. The van der Waals surface area contributed by atoms with E-state index in [1.165, 1.54) is 0 Å². The summed E-state index contributed by atoms with van der Waals surface area (Å²) in [6, 6.07) is 1.63. The van der Waals surface area contributed by atoms with Crippen LogP contribution in [0.25, 0.3) is 0 Å². The van der Waals surface area contributed by atoms with Crippen LogP contribution in [-0.2, 0) is 0 Å². The van der Waals surface area contributed by atoms with E-state index >= 15 is 0 Å². The number of hydrogen-bond donors (Lipinski definition) is 2. The molecule has 0 saturated carbocycles. The Morgan fingerprint density at radius 1 is 1.40 bits per heavy atom. The molecule has 6 heteroatoms. The number of rotatable bonds is 4. The van der Waals surface area contributed by atoms with Crippen LogP contribution < -0.4 is 5.32 Å². The number of hydrogen-bond acceptors (Lipinski definition) is 4. The van der Waals surface area contributed by atoms with Gasteiger partial charge in [-0.2, -0.15) is 0 Å². The lowest BCUT2D eigenvalue weighted by Crippen LogP contribution is -2.27. The molecular weight excluding hydrogens is 204 g/mol. The monoisotopic (exact) mass is 217 g/mol. The first-order chi connectivity index (χ1) is 6.99. The normalized spacial score (nSPS) is 12.9. The van der Waals surface area contributed by atoms with Crippen molar-refractivity contribution in [2.75, 3.05) is 11.9 Å². The Bertz CT molecular complexity index is 313. The highest BCUT2D eigenvalue weighted by molar-refractivity contribution is 5.35. The maximum absolute atomic E-state index is 12.0. The van der Waals surface area contributed by atoms with Crippen LogP contribution in [-0.4, -0.2) is 34.1 Å². The molecule has 1 aromatic rings. The lowest BCUT2D eigenvalue weighted by Gasteiger charge is -2.11. The molecule has 1 heterocycles. The molecule has 0 aromatic carbocycles. The lowest BCUT2D eigenvalue weighted by molar-refractivity contribution is 0.00380. The van der Waals surface area contributed by atoms with Gasteiger partial charge < -0.3 is 10.4 Å². The minimum atomic E-state index is -2.75. The van der Waals surface area contributed by atoms with Gasteiger partial charge in [-0.15, -0.1) is 0 Å². The van der Waals surface area contributed by atoms with Gasteiger partial charge in [0.25, 0.3) is 6.43 Å². The number of nitrogens with one attached hydrogen (secondary N) is 1. The SMILES string of the molecule is Cc1cc(NCC(O)C(F)F)nc(C)n1. The Balaban J connectivity index is 2.57. The molecule has 1 rings (SSSR count). The number of aliphatic hydroxyl groups excluding tert-OH is 1. The summed E-state index contributed by atoms with van der Waals surface area (Å²) in [4.78, 5) is 8.02. The zero-order valence-electron chi connectivity index (χ0n) is 8.54. The molecule has 0 aliphatic carbocycles. The van der Waals surface area contributed by atoms with Gasteiger partial charge in [-0.25, -0.2) is 18.7 Å². The minimum absolute atomic E-state index is 0.229. The number of anilines is 1. The highest BCUT2D eigenvalue weighted by Gasteiger charge is 2.16. The van der Waals surface area contributed by atoms with Crippen LogP contribution in [0.5, 0.6) is 0 Å². The van der Waals surface area contributed by atoms with Gasteiger partial charge in [0.1, 0.15) is 17.7 Å². The summed E-state index contributed by atoms with van der Waals surface area (Å²) in [6.45, 7) is 3.26. The molecular formula is C9H13F2N3O.